The summed E-state index contributed by atoms with van der Waals surface area (Å²) in [4.78, 5) is 35.3. The van der Waals surface area contributed by atoms with Gasteiger partial charge in [-0.25, -0.2) is 14.8 Å². The van der Waals surface area contributed by atoms with Crippen molar-refractivity contribution in [2.24, 2.45) is 5.41 Å². The molecular weight excluding hydrogens is 508 g/mol. The van der Waals surface area contributed by atoms with Gasteiger partial charge in [0.25, 0.3) is 0 Å². The number of anilines is 1. The first-order valence-corrected chi connectivity index (χ1v) is 13.2. The first-order valence-electron chi connectivity index (χ1n) is 12.8. The van der Waals surface area contributed by atoms with Gasteiger partial charge in [-0.2, -0.15) is 4.98 Å². The Balaban J connectivity index is 1.50. The van der Waals surface area contributed by atoms with Crippen molar-refractivity contribution >= 4 is 28.7 Å². The molecule has 0 amide bonds. The van der Waals surface area contributed by atoms with Crippen LogP contribution in [0.4, 0.5) is 5.95 Å². The first kappa shape index (κ1) is 23.4. The maximum Gasteiger partial charge on any atom is 0.439 e. The highest BCUT2D eigenvalue weighted by Crippen LogP contribution is 2.65. The Morgan fingerprint density at radius 2 is 2.05 bits per heavy atom. The zero-order chi connectivity index (χ0) is 25.9. The van der Waals surface area contributed by atoms with E-state index in [2.05, 4.69) is 30.5 Å². The van der Waals surface area contributed by atoms with Crippen LogP contribution >= 0.6 is 11.6 Å². The van der Waals surface area contributed by atoms with E-state index in [-0.39, 0.29) is 29.1 Å². The number of morpholine rings is 1. The van der Waals surface area contributed by atoms with E-state index in [9.17, 15) is 4.79 Å². The Bertz CT molecular complexity index is 1630. The van der Waals surface area contributed by atoms with Crippen molar-refractivity contribution in [1.29, 1.82) is 0 Å². The summed E-state index contributed by atoms with van der Waals surface area (Å²) in [5.41, 5.74) is 2.81. The molecule has 2 aliphatic carbocycles. The number of imidazole rings is 1. The summed E-state index contributed by atoms with van der Waals surface area (Å²) in [6.07, 6.45) is 16.4. The van der Waals surface area contributed by atoms with E-state index in [4.69, 9.17) is 42.2 Å². The number of aromatic amines is 1. The molecule has 11 nitrogen and oxygen atoms in total. The molecule has 1 aliphatic heterocycles. The molecule has 5 heterocycles. The first-order chi connectivity index (χ1) is 18.6. The number of terminal acetylenes is 1. The lowest BCUT2D eigenvalue weighted by atomic mass is 9.85. The lowest BCUT2D eigenvalue weighted by Crippen LogP contribution is -2.46. The predicted octanol–water partition coefficient (Wildman–Crippen LogP) is 3.62. The van der Waals surface area contributed by atoms with Crippen molar-refractivity contribution < 1.29 is 9.26 Å². The Kier molecular flexibility index (Phi) is 5.49. The molecule has 12 heteroatoms. The summed E-state index contributed by atoms with van der Waals surface area (Å²) in [6.45, 7) is 1.60. The van der Waals surface area contributed by atoms with Crippen LogP contribution in [-0.2, 0) is 4.74 Å². The van der Waals surface area contributed by atoms with Gasteiger partial charge in [0.2, 0.25) is 17.6 Å². The van der Waals surface area contributed by atoms with Gasteiger partial charge in [-0.05, 0) is 30.7 Å². The van der Waals surface area contributed by atoms with E-state index in [1.165, 1.54) is 32.1 Å². The van der Waals surface area contributed by atoms with Crippen LogP contribution in [0.2, 0.25) is 5.02 Å². The maximum absolute atomic E-state index is 11.7. The van der Waals surface area contributed by atoms with Crippen LogP contribution < -0.4 is 10.7 Å². The van der Waals surface area contributed by atoms with Crippen molar-refractivity contribution in [1.82, 2.24) is 34.6 Å². The normalized spacial score (nSPS) is 22.6. The Hall–Kier alpha value is -3.75. The van der Waals surface area contributed by atoms with Crippen LogP contribution in [-0.4, -0.2) is 60.4 Å². The van der Waals surface area contributed by atoms with Gasteiger partial charge in [0, 0.05) is 30.5 Å². The number of fused-ring (bicyclic) bond motifs is 1. The molecule has 2 atom stereocenters. The molecule has 1 N–H and O–H groups in total. The van der Waals surface area contributed by atoms with Gasteiger partial charge in [0.05, 0.1) is 18.2 Å². The van der Waals surface area contributed by atoms with E-state index in [0.29, 0.717) is 41.7 Å². The Labute approximate surface area is 222 Å². The van der Waals surface area contributed by atoms with Gasteiger partial charge in [-0.1, -0.05) is 41.9 Å². The number of H-pyrrole nitrogens is 1. The molecule has 1 saturated heterocycles. The lowest BCUT2D eigenvalue weighted by Gasteiger charge is -2.34. The minimum Gasteiger partial charge on any atom is -0.376 e. The fourth-order valence-electron chi connectivity index (χ4n) is 6.13. The van der Waals surface area contributed by atoms with Gasteiger partial charge in [-0.15, -0.1) is 6.42 Å². The van der Waals surface area contributed by atoms with Crippen molar-refractivity contribution in [3.63, 3.8) is 0 Å². The molecule has 1 unspecified atom stereocenters. The summed E-state index contributed by atoms with van der Waals surface area (Å²) in [6, 6.07) is 1.80. The SMILES string of the molecule is C#C[C@@H]1COCCN1c1nc2nc(-c3noc(=O)[nH]3)nc(-c3cncc(Cl)c3)c2n1C1CC12CCCCC2. The largest absolute Gasteiger partial charge is 0.439 e. The number of pyridine rings is 1. The molecule has 3 fully saturated rings. The van der Waals surface area contributed by atoms with Crippen molar-refractivity contribution in [3.8, 4) is 35.2 Å². The molecular formula is C26H25ClN8O3. The molecule has 4 aromatic heterocycles. The molecule has 7 rings (SSSR count). The number of hydrogen-bond acceptors (Lipinski definition) is 9. The number of ether oxygens (including phenoxy) is 1. The highest BCUT2D eigenvalue weighted by molar-refractivity contribution is 6.30. The minimum atomic E-state index is -0.691. The summed E-state index contributed by atoms with van der Waals surface area (Å²) < 4.78 is 12.7. The third kappa shape index (κ3) is 3.78. The second-order valence-electron chi connectivity index (χ2n) is 10.3. The molecule has 1 spiro atoms. The zero-order valence-corrected chi connectivity index (χ0v) is 21.3. The second kappa shape index (κ2) is 8.92. The van der Waals surface area contributed by atoms with Crippen molar-refractivity contribution in [2.75, 3.05) is 24.7 Å². The van der Waals surface area contributed by atoms with Gasteiger partial charge in [0.15, 0.2) is 5.65 Å². The third-order valence-corrected chi connectivity index (χ3v) is 8.25. The standard InChI is InChI=1S/C26H25ClN8O3/c1-2-17-14-37-9-8-34(17)24-31-21-20(35(24)18-11-26(18)6-4-3-5-7-26)19(15-10-16(27)13-28-12-15)29-22(30-21)23-32-25(36)38-33-23/h1,10,12-13,17-18H,3-9,11,14H2,(H,32,33,36)/t17-,18?/m1/s1. The van der Waals surface area contributed by atoms with E-state index in [1.807, 2.05) is 6.07 Å². The van der Waals surface area contributed by atoms with Crippen molar-refractivity contribution in [3.05, 3.63) is 34.0 Å². The molecule has 3 aliphatic rings. The quantitative estimate of drug-likeness (QED) is 0.392. The van der Waals surface area contributed by atoms with Gasteiger partial charge < -0.3 is 14.2 Å². The monoisotopic (exact) mass is 532 g/mol. The predicted molar refractivity (Wildman–Crippen MR) is 140 cm³/mol. The highest BCUT2D eigenvalue weighted by atomic mass is 35.5. The lowest BCUT2D eigenvalue weighted by molar-refractivity contribution is 0.107. The second-order valence-corrected chi connectivity index (χ2v) is 10.7. The van der Waals surface area contributed by atoms with Gasteiger partial charge in [-0.3, -0.25) is 14.5 Å². The number of halogens is 1. The van der Waals surface area contributed by atoms with Gasteiger partial charge in [0.1, 0.15) is 17.3 Å². The summed E-state index contributed by atoms with van der Waals surface area (Å²) in [7, 11) is 0. The average Bonchev–Trinajstić information content (AvgIpc) is 3.25. The smallest absolute Gasteiger partial charge is 0.376 e. The molecule has 4 aromatic rings. The highest BCUT2D eigenvalue weighted by Gasteiger charge is 2.56. The molecule has 0 radical (unpaired) electrons. The van der Waals surface area contributed by atoms with Crippen LogP contribution in [0.3, 0.4) is 0 Å². The molecule has 2 saturated carbocycles. The van der Waals surface area contributed by atoms with E-state index in [0.717, 1.165) is 17.9 Å². The van der Waals surface area contributed by atoms with E-state index in [1.54, 1.807) is 12.4 Å². The number of rotatable bonds is 4. The average molecular weight is 533 g/mol. The molecule has 194 valence electrons. The summed E-state index contributed by atoms with van der Waals surface area (Å²) in [5.74, 6) is 3.24. The molecule has 38 heavy (non-hydrogen) atoms. The minimum absolute atomic E-state index is 0.118. The third-order valence-electron chi connectivity index (χ3n) is 8.04. The van der Waals surface area contributed by atoms with Crippen LogP contribution in [0.25, 0.3) is 34.1 Å². The number of nitrogens with one attached hydrogen (secondary N) is 1. The van der Waals surface area contributed by atoms with E-state index >= 15 is 0 Å². The molecule has 0 aromatic carbocycles. The molecule has 0 bridgehead atoms. The fraction of sp³-hybridized carbons (Fsp3) is 0.462. The number of nitrogens with zero attached hydrogens (tertiary/aromatic N) is 7. The Morgan fingerprint density at radius 1 is 1.18 bits per heavy atom. The summed E-state index contributed by atoms with van der Waals surface area (Å²) >= 11 is 6.35. The maximum atomic E-state index is 11.7. The number of aromatic nitrogens is 7. The van der Waals surface area contributed by atoms with Crippen molar-refractivity contribution in [2.45, 2.75) is 50.6 Å². The van der Waals surface area contributed by atoms with E-state index < -0.39 is 5.76 Å². The number of hydrogen-bond donors (Lipinski definition) is 1. The zero-order valence-electron chi connectivity index (χ0n) is 20.6. The van der Waals surface area contributed by atoms with Crippen LogP contribution in [0.1, 0.15) is 44.6 Å². The topological polar surface area (TPSA) is 128 Å². The summed E-state index contributed by atoms with van der Waals surface area (Å²) in [5, 5.41) is 4.29. The van der Waals surface area contributed by atoms with Crippen LogP contribution in [0, 0.1) is 17.8 Å². The van der Waals surface area contributed by atoms with Crippen LogP contribution in [0.15, 0.2) is 27.8 Å². The fourth-order valence-corrected chi connectivity index (χ4v) is 6.30. The van der Waals surface area contributed by atoms with Gasteiger partial charge >= 0.3 is 5.76 Å². The van der Waals surface area contributed by atoms with Crippen LogP contribution in [0.5, 0.6) is 0 Å². The Morgan fingerprint density at radius 3 is 2.82 bits per heavy atom.